The lowest BCUT2D eigenvalue weighted by atomic mass is 10.1. The second-order valence-electron chi connectivity index (χ2n) is 6.91. The van der Waals surface area contributed by atoms with Crippen LogP contribution < -0.4 is 10.1 Å². The van der Waals surface area contributed by atoms with Crippen LogP contribution in [-0.2, 0) is 6.61 Å². The second kappa shape index (κ2) is 8.71. The van der Waals surface area contributed by atoms with Crippen molar-refractivity contribution in [3.05, 3.63) is 89.9 Å². The van der Waals surface area contributed by atoms with E-state index in [-0.39, 0.29) is 6.61 Å². The quantitative estimate of drug-likeness (QED) is 0.466. The Bertz CT molecular complexity index is 1160. The molecule has 0 aliphatic rings. The number of nitrogens with zero attached hydrogens (tertiary/aromatic N) is 3. The number of aliphatic hydroxyl groups excluding tert-OH is 1. The normalized spacial score (nSPS) is 10.6. The molecule has 0 fully saturated rings. The topological polar surface area (TPSA) is 80.2 Å². The zero-order valence-electron chi connectivity index (χ0n) is 16.8. The minimum Gasteiger partial charge on any atom is -0.455 e. The third-order valence-corrected chi connectivity index (χ3v) is 4.68. The van der Waals surface area contributed by atoms with Crippen molar-refractivity contribution in [3.63, 3.8) is 0 Å². The van der Waals surface area contributed by atoms with E-state index in [1.807, 2.05) is 68.4 Å². The van der Waals surface area contributed by atoms with E-state index in [4.69, 9.17) is 9.72 Å². The number of ether oxygens (including phenoxy) is 1. The minimum atomic E-state index is -0.0117. The van der Waals surface area contributed by atoms with Gasteiger partial charge in [0.2, 0.25) is 0 Å². The SMILES string of the molecule is Cc1cc(Oc2ccnc(Nc3cccc(CO)c3)c2)c(-c2ccccn2)nc1C. The molecule has 0 radical (unpaired) electrons. The highest BCUT2D eigenvalue weighted by molar-refractivity contribution is 5.65. The molecule has 0 atom stereocenters. The van der Waals surface area contributed by atoms with E-state index in [0.29, 0.717) is 23.0 Å². The molecule has 0 aliphatic carbocycles. The molecule has 0 unspecified atom stereocenters. The first kappa shape index (κ1) is 19.5. The van der Waals surface area contributed by atoms with Crippen LogP contribution in [-0.4, -0.2) is 20.1 Å². The van der Waals surface area contributed by atoms with Gasteiger partial charge in [0.15, 0.2) is 5.75 Å². The molecule has 0 saturated carbocycles. The molecule has 3 aromatic heterocycles. The molecule has 0 spiro atoms. The lowest BCUT2D eigenvalue weighted by Crippen LogP contribution is -1.98. The Morgan fingerprint density at radius 3 is 2.63 bits per heavy atom. The van der Waals surface area contributed by atoms with Crippen LogP contribution >= 0.6 is 0 Å². The summed E-state index contributed by atoms with van der Waals surface area (Å²) >= 11 is 0. The zero-order valence-corrected chi connectivity index (χ0v) is 16.8. The molecule has 3 heterocycles. The van der Waals surface area contributed by atoms with E-state index in [0.717, 1.165) is 28.2 Å². The zero-order chi connectivity index (χ0) is 20.9. The predicted octanol–water partition coefficient (Wildman–Crippen LogP) is 5.18. The molecular formula is C24H22N4O2. The van der Waals surface area contributed by atoms with Gasteiger partial charge in [-0.3, -0.25) is 4.98 Å². The Labute approximate surface area is 175 Å². The fourth-order valence-corrected chi connectivity index (χ4v) is 3.01. The molecule has 4 rings (SSSR count). The van der Waals surface area contributed by atoms with Crippen LogP contribution in [0.5, 0.6) is 11.5 Å². The lowest BCUT2D eigenvalue weighted by Gasteiger charge is -2.14. The monoisotopic (exact) mass is 398 g/mol. The van der Waals surface area contributed by atoms with Gasteiger partial charge in [-0.2, -0.15) is 0 Å². The van der Waals surface area contributed by atoms with E-state index in [9.17, 15) is 5.11 Å². The number of aryl methyl sites for hydroxylation is 2. The number of rotatable bonds is 6. The van der Waals surface area contributed by atoms with Crippen LogP contribution in [0.3, 0.4) is 0 Å². The molecule has 150 valence electrons. The Hall–Kier alpha value is -3.77. The highest BCUT2D eigenvalue weighted by atomic mass is 16.5. The van der Waals surface area contributed by atoms with E-state index >= 15 is 0 Å². The third kappa shape index (κ3) is 4.45. The molecule has 0 bridgehead atoms. The van der Waals surface area contributed by atoms with E-state index in [1.165, 1.54) is 0 Å². The first-order chi connectivity index (χ1) is 14.6. The van der Waals surface area contributed by atoms with Gasteiger partial charge in [0.25, 0.3) is 0 Å². The number of hydrogen-bond acceptors (Lipinski definition) is 6. The van der Waals surface area contributed by atoms with Gasteiger partial charge in [0, 0.05) is 29.8 Å². The van der Waals surface area contributed by atoms with Gasteiger partial charge in [-0.25, -0.2) is 9.97 Å². The van der Waals surface area contributed by atoms with Crippen LogP contribution in [0.25, 0.3) is 11.4 Å². The number of pyridine rings is 3. The first-order valence-corrected chi connectivity index (χ1v) is 9.63. The number of hydrogen-bond donors (Lipinski definition) is 2. The van der Waals surface area contributed by atoms with Gasteiger partial charge in [-0.1, -0.05) is 18.2 Å². The predicted molar refractivity (Wildman–Crippen MR) is 117 cm³/mol. The van der Waals surface area contributed by atoms with Gasteiger partial charge in [0.05, 0.1) is 12.3 Å². The Morgan fingerprint density at radius 2 is 1.83 bits per heavy atom. The summed E-state index contributed by atoms with van der Waals surface area (Å²) in [5, 5.41) is 12.6. The minimum absolute atomic E-state index is 0.0117. The van der Waals surface area contributed by atoms with Crippen molar-refractivity contribution in [2.45, 2.75) is 20.5 Å². The molecule has 1 aromatic carbocycles. The van der Waals surface area contributed by atoms with E-state index in [2.05, 4.69) is 15.3 Å². The van der Waals surface area contributed by atoms with Crippen molar-refractivity contribution >= 4 is 11.5 Å². The average Bonchev–Trinajstić information content (AvgIpc) is 2.77. The van der Waals surface area contributed by atoms with Crippen LogP contribution in [0.4, 0.5) is 11.5 Å². The molecule has 2 N–H and O–H groups in total. The molecule has 6 heteroatoms. The van der Waals surface area contributed by atoms with Crippen molar-refractivity contribution in [3.8, 4) is 22.9 Å². The number of aliphatic hydroxyl groups is 1. The van der Waals surface area contributed by atoms with Crippen LogP contribution in [0.2, 0.25) is 0 Å². The summed E-state index contributed by atoms with van der Waals surface area (Å²) < 4.78 is 6.20. The van der Waals surface area contributed by atoms with Crippen LogP contribution in [0, 0.1) is 13.8 Å². The number of aromatic nitrogens is 3. The summed E-state index contributed by atoms with van der Waals surface area (Å²) in [7, 11) is 0. The maximum atomic E-state index is 9.32. The summed E-state index contributed by atoms with van der Waals surface area (Å²) in [6, 6.07) is 18.9. The highest BCUT2D eigenvalue weighted by Crippen LogP contribution is 2.33. The molecule has 0 saturated heterocycles. The number of anilines is 2. The largest absolute Gasteiger partial charge is 0.455 e. The second-order valence-corrected chi connectivity index (χ2v) is 6.91. The van der Waals surface area contributed by atoms with Crippen molar-refractivity contribution in [2.75, 3.05) is 5.32 Å². The van der Waals surface area contributed by atoms with E-state index < -0.39 is 0 Å². The fraction of sp³-hybridized carbons (Fsp3) is 0.125. The van der Waals surface area contributed by atoms with E-state index in [1.54, 1.807) is 18.5 Å². The van der Waals surface area contributed by atoms with Crippen molar-refractivity contribution < 1.29 is 9.84 Å². The maximum Gasteiger partial charge on any atom is 0.155 e. The highest BCUT2D eigenvalue weighted by Gasteiger charge is 2.13. The van der Waals surface area contributed by atoms with Crippen molar-refractivity contribution in [2.24, 2.45) is 0 Å². The maximum absolute atomic E-state index is 9.32. The molecule has 30 heavy (non-hydrogen) atoms. The van der Waals surface area contributed by atoms with Gasteiger partial charge in [-0.05, 0) is 61.4 Å². The standard InChI is InChI=1S/C24H22N4O2/c1-16-12-22(24(27-17(16)2)21-8-3-4-10-25-21)30-20-9-11-26-23(14-20)28-19-7-5-6-18(13-19)15-29/h3-14,29H,15H2,1-2H3,(H,26,28). The van der Waals surface area contributed by atoms with Crippen molar-refractivity contribution in [1.82, 2.24) is 15.0 Å². The number of benzene rings is 1. The summed E-state index contributed by atoms with van der Waals surface area (Å²) in [4.78, 5) is 13.5. The van der Waals surface area contributed by atoms with Gasteiger partial charge >= 0.3 is 0 Å². The summed E-state index contributed by atoms with van der Waals surface area (Å²) in [5.74, 6) is 1.91. The van der Waals surface area contributed by atoms with Crippen LogP contribution in [0.1, 0.15) is 16.8 Å². The first-order valence-electron chi connectivity index (χ1n) is 9.63. The van der Waals surface area contributed by atoms with Gasteiger partial charge in [0.1, 0.15) is 17.3 Å². The summed E-state index contributed by atoms with van der Waals surface area (Å²) in [6.07, 6.45) is 3.42. The Kier molecular flexibility index (Phi) is 5.68. The smallest absolute Gasteiger partial charge is 0.155 e. The third-order valence-electron chi connectivity index (χ3n) is 4.68. The molecule has 0 amide bonds. The molecule has 0 aliphatic heterocycles. The van der Waals surface area contributed by atoms with Crippen LogP contribution in [0.15, 0.2) is 73.1 Å². The Morgan fingerprint density at radius 1 is 0.933 bits per heavy atom. The van der Waals surface area contributed by atoms with Crippen molar-refractivity contribution in [1.29, 1.82) is 0 Å². The summed E-state index contributed by atoms with van der Waals surface area (Å²) in [5.41, 5.74) is 5.09. The summed E-state index contributed by atoms with van der Waals surface area (Å²) in [6.45, 7) is 3.97. The average molecular weight is 398 g/mol. The number of nitrogens with one attached hydrogen (secondary N) is 1. The van der Waals surface area contributed by atoms with Gasteiger partial charge in [-0.15, -0.1) is 0 Å². The van der Waals surface area contributed by atoms with Gasteiger partial charge < -0.3 is 15.2 Å². The molecule has 4 aromatic rings. The molecule has 6 nitrogen and oxygen atoms in total. The lowest BCUT2D eigenvalue weighted by molar-refractivity contribution is 0.282. The fourth-order valence-electron chi connectivity index (χ4n) is 3.01. The molecular weight excluding hydrogens is 376 g/mol. The Balaban J connectivity index is 1.63.